The summed E-state index contributed by atoms with van der Waals surface area (Å²) >= 11 is 1.74. The maximum absolute atomic E-state index is 5.83. The van der Waals surface area contributed by atoms with Crippen LogP contribution in [0.5, 0.6) is 23.0 Å². The summed E-state index contributed by atoms with van der Waals surface area (Å²) in [6, 6.07) is 23.1. The van der Waals surface area contributed by atoms with E-state index in [4.69, 9.17) is 18.9 Å². The highest BCUT2D eigenvalue weighted by molar-refractivity contribution is 7.13. The third-order valence-electron chi connectivity index (χ3n) is 6.47. The summed E-state index contributed by atoms with van der Waals surface area (Å²) in [6.07, 6.45) is 0. The largest absolute Gasteiger partial charge is 0.497 e. The highest BCUT2D eigenvalue weighted by atomic mass is 32.1. The number of benzene rings is 3. The summed E-state index contributed by atoms with van der Waals surface area (Å²) in [5.41, 5.74) is 6.76. The first-order chi connectivity index (χ1) is 17.2. The molecule has 6 rings (SSSR count). The molecule has 0 atom stereocenters. The van der Waals surface area contributed by atoms with Crippen LogP contribution in [0, 0.1) is 0 Å². The SMILES string of the molecule is COc1cc(OC)cc(-c2c(-c3cccs3)c3cc(-c4ccc5c(c4)OCCO5)ccc3n2C)c1. The summed E-state index contributed by atoms with van der Waals surface area (Å²) in [4.78, 5) is 1.21. The number of fused-ring (bicyclic) bond motifs is 2. The minimum absolute atomic E-state index is 0.573. The molecule has 0 amide bonds. The lowest BCUT2D eigenvalue weighted by Crippen LogP contribution is -2.15. The molecule has 3 aromatic carbocycles. The molecule has 35 heavy (non-hydrogen) atoms. The third kappa shape index (κ3) is 3.70. The fraction of sp³-hybridized carbons (Fsp3) is 0.172. The van der Waals surface area contributed by atoms with Gasteiger partial charge in [0.15, 0.2) is 11.5 Å². The van der Waals surface area contributed by atoms with Crippen LogP contribution in [0.3, 0.4) is 0 Å². The Morgan fingerprint density at radius 3 is 2.20 bits per heavy atom. The molecule has 5 aromatic rings. The van der Waals surface area contributed by atoms with Crippen molar-refractivity contribution in [2.45, 2.75) is 0 Å². The highest BCUT2D eigenvalue weighted by Crippen LogP contribution is 2.45. The van der Waals surface area contributed by atoms with Crippen molar-refractivity contribution in [3.63, 3.8) is 0 Å². The van der Waals surface area contributed by atoms with Crippen LogP contribution < -0.4 is 18.9 Å². The monoisotopic (exact) mass is 483 g/mol. The van der Waals surface area contributed by atoms with Crippen molar-refractivity contribution in [3.05, 3.63) is 72.1 Å². The number of ether oxygens (including phenoxy) is 4. The van der Waals surface area contributed by atoms with E-state index in [-0.39, 0.29) is 0 Å². The number of hydrogen-bond acceptors (Lipinski definition) is 5. The quantitative estimate of drug-likeness (QED) is 0.269. The molecule has 0 saturated carbocycles. The van der Waals surface area contributed by atoms with Gasteiger partial charge in [0.25, 0.3) is 0 Å². The topological polar surface area (TPSA) is 41.9 Å². The molecule has 3 heterocycles. The van der Waals surface area contributed by atoms with Crippen LogP contribution in [0.15, 0.2) is 72.1 Å². The van der Waals surface area contributed by atoms with E-state index in [9.17, 15) is 0 Å². The zero-order chi connectivity index (χ0) is 23.9. The van der Waals surface area contributed by atoms with Crippen LogP contribution >= 0.6 is 11.3 Å². The van der Waals surface area contributed by atoms with Crippen molar-refractivity contribution in [2.24, 2.45) is 7.05 Å². The summed E-state index contributed by atoms with van der Waals surface area (Å²) in [5, 5.41) is 3.31. The van der Waals surface area contributed by atoms with E-state index in [0.29, 0.717) is 13.2 Å². The van der Waals surface area contributed by atoms with Gasteiger partial charge in [-0.25, -0.2) is 0 Å². The average Bonchev–Trinajstić information content (AvgIpc) is 3.54. The molecular weight excluding hydrogens is 458 g/mol. The molecule has 176 valence electrons. The van der Waals surface area contributed by atoms with Gasteiger partial charge in [-0.3, -0.25) is 0 Å². The standard InChI is InChI=1S/C29H25NO4S/c1-30-24-8-6-18(19-7-9-25-26(16-19)34-11-10-33-25)15-23(24)28(27-5-4-12-35-27)29(30)20-13-21(31-2)17-22(14-20)32-3/h4-9,12-17H,10-11H2,1-3H3. The van der Waals surface area contributed by atoms with E-state index in [1.807, 2.05) is 12.1 Å². The maximum Gasteiger partial charge on any atom is 0.161 e. The number of aromatic nitrogens is 1. The zero-order valence-electron chi connectivity index (χ0n) is 19.8. The molecule has 0 spiro atoms. The van der Waals surface area contributed by atoms with E-state index in [0.717, 1.165) is 50.9 Å². The highest BCUT2D eigenvalue weighted by Gasteiger charge is 2.21. The first-order valence-electron chi connectivity index (χ1n) is 11.5. The Hall–Kier alpha value is -3.90. The number of rotatable bonds is 5. The van der Waals surface area contributed by atoms with Crippen molar-refractivity contribution in [2.75, 3.05) is 27.4 Å². The van der Waals surface area contributed by atoms with E-state index in [1.165, 1.54) is 15.8 Å². The minimum atomic E-state index is 0.573. The van der Waals surface area contributed by atoms with Crippen molar-refractivity contribution >= 4 is 22.2 Å². The molecule has 0 unspecified atom stereocenters. The lowest BCUT2D eigenvalue weighted by molar-refractivity contribution is 0.171. The second kappa shape index (κ2) is 8.71. The van der Waals surface area contributed by atoms with Gasteiger partial charge in [-0.05, 0) is 59.0 Å². The van der Waals surface area contributed by atoms with Crippen LogP contribution in [0.2, 0.25) is 0 Å². The number of aryl methyl sites for hydroxylation is 1. The number of methoxy groups -OCH3 is 2. The van der Waals surface area contributed by atoms with Crippen molar-refractivity contribution in [1.29, 1.82) is 0 Å². The molecule has 0 saturated heterocycles. The fourth-order valence-corrected chi connectivity index (χ4v) is 5.58. The molecule has 1 aliphatic rings. The molecule has 1 aliphatic heterocycles. The van der Waals surface area contributed by atoms with Gasteiger partial charge >= 0.3 is 0 Å². The summed E-state index contributed by atoms with van der Waals surface area (Å²) < 4.78 is 25.0. The predicted octanol–water partition coefficient (Wildman–Crippen LogP) is 7.03. The lowest BCUT2D eigenvalue weighted by atomic mass is 9.99. The van der Waals surface area contributed by atoms with Crippen LogP contribution in [-0.2, 0) is 7.05 Å². The first-order valence-corrected chi connectivity index (χ1v) is 12.3. The predicted molar refractivity (Wildman–Crippen MR) is 141 cm³/mol. The Morgan fingerprint density at radius 1 is 0.771 bits per heavy atom. The smallest absolute Gasteiger partial charge is 0.161 e. The Labute approximate surface area is 208 Å². The molecule has 0 aliphatic carbocycles. The Bertz CT molecular complexity index is 1510. The summed E-state index contributed by atoms with van der Waals surface area (Å²) in [7, 11) is 5.48. The molecular formula is C29H25NO4S. The Balaban J connectivity index is 1.59. The van der Waals surface area contributed by atoms with Gasteiger partial charge in [0, 0.05) is 40.0 Å². The van der Waals surface area contributed by atoms with Gasteiger partial charge in [0.2, 0.25) is 0 Å². The zero-order valence-corrected chi connectivity index (χ0v) is 20.6. The Morgan fingerprint density at radius 2 is 1.49 bits per heavy atom. The van der Waals surface area contributed by atoms with Crippen molar-refractivity contribution in [3.8, 4) is 55.8 Å². The van der Waals surface area contributed by atoms with Crippen LogP contribution in [0.4, 0.5) is 0 Å². The average molecular weight is 484 g/mol. The van der Waals surface area contributed by atoms with Crippen LogP contribution in [0.25, 0.3) is 43.7 Å². The van der Waals surface area contributed by atoms with Gasteiger partial charge < -0.3 is 23.5 Å². The van der Waals surface area contributed by atoms with Gasteiger partial charge in [-0.15, -0.1) is 11.3 Å². The molecule has 0 N–H and O–H groups in total. The number of hydrogen-bond donors (Lipinski definition) is 0. The minimum Gasteiger partial charge on any atom is -0.497 e. The summed E-state index contributed by atoms with van der Waals surface area (Å²) in [5.74, 6) is 3.12. The normalized spacial score (nSPS) is 12.7. The van der Waals surface area contributed by atoms with Gasteiger partial charge in [-0.1, -0.05) is 18.2 Å². The van der Waals surface area contributed by atoms with E-state index < -0.39 is 0 Å². The fourth-order valence-electron chi connectivity index (χ4n) is 4.80. The van der Waals surface area contributed by atoms with Gasteiger partial charge in [-0.2, -0.15) is 0 Å². The van der Waals surface area contributed by atoms with E-state index in [2.05, 4.69) is 71.6 Å². The Kier molecular flexibility index (Phi) is 5.38. The second-order valence-electron chi connectivity index (χ2n) is 8.45. The summed E-state index contributed by atoms with van der Waals surface area (Å²) in [6.45, 7) is 1.16. The third-order valence-corrected chi connectivity index (χ3v) is 7.35. The van der Waals surface area contributed by atoms with Crippen molar-refractivity contribution in [1.82, 2.24) is 4.57 Å². The molecule has 0 bridgehead atoms. The molecule has 5 nitrogen and oxygen atoms in total. The van der Waals surface area contributed by atoms with E-state index in [1.54, 1.807) is 25.6 Å². The number of thiophene rings is 1. The lowest BCUT2D eigenvalue weighted by Gasteiger charge is -2.19. The van der Waals surface area contributed by atoms with Crippen LogP contribution in [-0.4, -0.2) is 32.0 Å². The number of nitrogens with zero attached hydrogens (tertiary/aromatic N) is 1. The molecule has 2 aromatic heterocycles. The van der Waals surface area contributed by atoms with Crippen molar-refractivity contribution < 1.29 is 18.9 Å². The maximum atomic E-state index is 5.83. The molecule has 6 heteroatoms. The van der Waals surface area contributed by atoms with Crippen LogP contribution in [0.1, 0.15) is 0 Å². The molecule has 0 fully saturated rings. The van der Waals surface area contributed by atoms with Gasteiger partial charge in [0.1, 0.15) is 24.7 Å². The van der Waals surface area contributed by atoms with Gasteiger partial charge in [0.05, 0.1) is 19.9 Å². The second-order valence-corrected chi connectivity index (χ2v) is 9.40. The van der Waals surface area contributed by atoms with E-state index >= 15 is 0 Å². The molecule has 0 radical (unpaired) electrons. The first kappa shape index (κ1) is 21.6.